The van der Waals surface area contributed by atoms with Crippen LogP contribution in [0.25, 0.3) is 5.57 Å². The second kappa shape index (κ2) is 6.18. The molecule has 3 heteroatoms. The summed E-state index contributed by atoms with van der Waals surface area (Å²) in [4.78, 5) is 0. The summed E-state index contributed by atoms with van der Waals surface area (Å²) in [6.07, 6.45) is 2.95. The van der Waals surface area contributed by atoms with Crippen LogP contribution in [0, 0.1) is 0 Å². The van der Waals surface area contributed by atoms with Gasteiger partial charge in [0.1, 0.15) is 11.5 Å². The van der Waals surface area contributed by atoms with Gasteiger partial charge in [-0.25, -0.2) is 0 Å². The molecule has 1 rings (SSSR count). The van der Waals surface area contributed by atoms with Crippen LogP contribution in [0.5, 0.6) is 11.5 Å². The van der Waals surface area contributed by atoms with Crippen molar-refractivity contribution < 1.29 is 9.47 Å². The van der Waals surface area contributed by atoms with Crippen molar-refractivity contribution in [3.8, 4) is 11.5 Å². The first-order valence-electron chi connectivity index (χ1n) is 5.32. The summed E-state index contributed by atoms with van der Waals surface area (Å²) in [5.74, 6) is 1.65. The van der Waals surface area contributed by atoms with Gasteiger partial charge in [0.2, 0.25) is 0 Å². The fourth-order valence-electron chi connectivity index (χ4n) is 1.64. The van der Waals surface area contributed by atoms with Crippen molar-refractivity contribution in [3.63, 3.8) is 0 Å². The molecule has 0 bridgehead atoms. The number of allylic oxidation sites excluding steroid dienone is 1. The molecule has 0 atom stereocenters. The maximum Gasteiger partial charge on any atom is 0.130 e. The van der Waals surface area contributed by atoms with Gasteiger partial charge in [0, 0.05) is 0 Å². The zero-order chi connectivity index (χ0) is 12.0. The first-order chi connectivity index (χ1) is 7.74. The van der Waals surface area contributed by atoms with Gasteiger partial charge in [-0.15, -0.1) is 0 Å². The largest absolute Gasteiger partial charge is 0.496 e. The SMILES string of the molecule is COc1cccc(OC)c1/C(C)=C/CCN. The van der Waals surface area contributed by atoms with Crippen LogP contribution >= 0.6 is 0 Å². The summed E-state index contributed by atoms with van der Waals surface area (Å²) in [5.41, 5.74) is 7.61. The van der Waals surface area contributed by atoms with Crippen LogP contribution in [0.3, 0.4) is 0 Å². The second-order valence-electron chi connectivity index (χ2n) is 3.50. The highest BCUT2D eigenvalue weighted by molar-refractivity contribution is 5.74. The lowest BCUT2D eigenvalue weighted by Crippen LogP contribution is -1.98. The van der Waals surface area contributed by atoms with Crippen LogP contribution in [0.2, 0.25) is 0 Å². The zero-order valence-electron chi connectivity index (χ0n) is 10.1. The van der Waals surface area contributed by atoms with Gasteiger partial charge in [0.05, 0.1) is 19.8 Å². The molecule has 0 aliphatic heterocycles. The predicted molar refractivity (Wildman–Crippen MR) is 66.9 cm³/mol. The molecular weight excluding hydrogens is 202 g/mol. The van der Waals surface area contributed by atoms with Gasteiger partial charge in [-0.2, -0.15) is 0 Å². The molecule has 0 aromatic heterocycles. The van der Waals surface area contributed by atoms with Crippen LogP contribution in [-0.2, 0) is 0 Å². The van der Waals surface area contributed by atoms with Gasteiger partial charge in [0.15, 0.2) is 0 Å². The van der Waals surface area contributed by atoms with E-state index in [-0.39, 0.29) is 0 Å². The topological polar surface area (TPSA) is 44.5 Å². The Hall–Kier alpha value is -1.48. The van der Waals surface area contributed by atoms with E-state index in [0.717, 1.165) is 29.1 Å². The van der Waals surface area contributed by atoms with E-state index in [1.807, 2.05) is 25.1 Å². The van der Waals surface area contributed by atoms with E-state index in [4.69, 9.17) is 15.2 Å². The Labute approximate surface area is 96.9 Å². The highest BCUT2D eigenvalue weighted by Crippen LogP contribution is 2.34. The van der Waals surface area contributed by atoms with E-state index in [9.17, 15) is 0 Å². The molecule has 0 spiro atoms. The maximum absolute atomic E-state index is 5.49. The Bertz CT molecular complexity index is 350. The molecule has 0 aliphatic rings. The van der Waals surface area contributed by atoms with E-state index in [2.05, 4.69) is 6.08 Å². The van der Waals surface area contributed by atoms with Gasteiger partial charge in [0.25, 0.3) is 0 Å². The lowest BCUT2D eigenvalue weighted by atomic mass is 10.0. The number of hydrogen-bond acceptors (Lipinski definition) is 3. The molecule has 0 fully saturated rings. The molecule has 16 heavy (non-hydrogen) atoms. The summed E-state index contributed by atoms with van der Waals surface area (Å²) in [5, 5.41) is 0. The van der Waals surface area contributed by atoms with Crippen LogP contribution in [-0.4, -0.2) is 20.8 Å². The number of ether oxygens (including phenoxy) is 2. The molecule has 1 aromatic carbocycles. The third-order valence-electron chi connectivity index (χ3n) is 2.44. The Morgan fingerprint density at radius 2 is 1.81 bits per heavy atom. The summed E-state index contributed by atoms with van der Waals surface area (Å²) in [7, 11) is 3.32. The molecule has 0 saturated carbocycles. The van der Waals surface area contributed by atoms with Crippen molar-refractivity contribution in [1.82, 2.24) is 0 Å². The minimum atomic E-state index is 0.648. The smallest absolute Gasteiger partial charge is 0.130 e. The van der Waals surface area contributed by atoms with Gasteiger partial charge in [-0.1, -0.05) is 12.1 Å². The summed E-state index contributed by atoms with van der Waals surface area (Å²) in [6, 6.07) is 5.77. The number of hydrogen-bond donors (Lipinski definition) is 1. The molecule has 0 amide bonds. The predicted octanol–water partition coefficient (Wildman–Crippen LogP) is 2.46. The lowest BCUT2D eigenvalue weighted by Gasteiger charge is -2.13. The lowest BCUT2D eigenvalue weighted by molar-refractivity contribution is 0.392. The Balaban J connectivity index is 3.17. The van der Waals surface area contributed by atoms with Crippen molar-refractivity contribution >= 4 is 5.57 Å². The average Bonchev–Trinajstić information content (AvgIpc) is 2.34. The van der Waals surface area contributed by atoms with Crippen molar-refractivity contribution in [3.05, 3.63) is 29.8 Å². The zero-order valence-corrected chi connectivity index (χ0v) is 10.1. The molecule has 88 valence electrons. The van der Waals surface area contributed by atoms with Gasteiger partial charge in [-0.05, 0) is 37.6 Å². The first kappa shape index (κ1) is 12.6. The van der Waals surface area contributed by atoms with Gasteiger partial charge >= 0.3 is 0 Å². The average molecular weight is 221 g/mol. The quantitative estimate of drug-likeness (QED) is 0.830. The molecule has 3 nitrogen and oxygen atoms in total. The fraction of sp³-hybridized carbons (Fsp3) is 0.385. The van der Waals surface area contributed by atoms with E-state index in [1.165, 1.54) is 0 Å². The van der Waals surface area contributed by atoms with Crippen molar-refractivity contribution in [2.45, 2.75) is 13.3 Å². The second-order valence-corrected chi connectivity index (χ2v) is 3.50. The summed E-state index contributed by atoms with van der Waals surface area (Å²) in [6.45, 7) is 2.69. The number of benzene rings is 1. The third-order valence-corrected chi connectivity index (χ3v) is 2.44. The van der Waals surface area contributed by atoms with Crippen LogP contribution in [0.4, 0.5) is 0 Å². The van der Waals surface area contributed by atoms with Crippen LogP contribution < -0.4 is 15.2 Å². The minimum absolute atomic E-state index is 0.648. The van der Waals surface area contributed by atoms with Gasteiger partial charge in [-0.3, -0.25) is 0 Å². The summed E-state index contributed by atoms with van der Waals surface area (Å²) < 4.78 is 10.7. The third kappa shape index (κ3) is 2.76. The molecule has 0 unspecified atom stereocenters. The van der Waals surface area contributed by atoms with E-state index < -0.39 is 0 Å². The molecular formula is C13H19NO2. The molecule has 2 N–H and O–H groups in total. The van der Waals surface area contributed by atoms with Gasteiger partial charge < -0.3 is 15.2 Å². The number of rotatable bonds is 5. The molecule has 1 aromatic rings. The summed E-state index contributed by atoms with van der Waals surface area (Å²) >= 11 is 0. The van der Waals surface area contributed by atoms with E-state index in [0.29, 0.717) is 6.54 Å². The maximum atomic E-state index is 5.49. The highest BCUT2D eigenvalue weighted by atomic mass is 16.5. The standard InChI is InChI=1S/C13H19NO2/c1-10(6-5-9-14)13-11(15-2)7-4-8-12(13)16-3/h4,6-8H,5,9,14H2,1-3H3/b10-6+. The van der Waals surface area contributed by atoms with E-state index in [1.54, 1.807) is 14.2 Å². The molecule has 0 radical (unpaired) electrons. The number of methoxy groups -OCH3 is 2. The minimum Gasteiger partial charge on any atom is -0.496 e. The molecule has 0 saturated heterocycles. The van der Waals surface area contributed by atoms with E-state index >= 15 is 0 Å². The Morgan fingerprint density at radius 3 is 2.25 bits per heavy atom. The molecule has 0 aliphatic carbocycles. The van der Waals surface area contributed by atoms with Crippen molar-refractivity contribution in [2.75, 3.05) is 20.8 Å². The molecule has 0 heterocycles. The van der Waals surface area contributed by atoms with Crippen LogP contribution in [0.1, 0.15) is 18.9 Å². The fourth-order valence-corrected chi connectivity index (χ4v) is 1.64. The van der Waals surface area contributed by atoms with Crippen molar-refractivity contribution in [1.29, 1.82) is 0 Å². The first-order valence-corrected chi connectivity index (χ1v) is 5.32. The van der Waals surface area contributed by atoms with Crippen LogP contribution in [0.15, 0.2) is 24.3 Å². The Morgan fingerprint density at radius 1 is 1.25 bits per heavy atom. The normalized spacial score (nSPS) is 11.4. The Kier molecular flexibility index (Phi) is 4.86. The monoisotopic (exact) mass is 221 g/mol. The van der Waals surface area contributed by atoms with Crippen molar-refractivity contribution in [2.24, 2.45) is 5.73 Å². The number of nitrogens with two attached hydrogens (primary N) is 1. The highest BCUT2D eigenvalue weighted by Gasteiger charge is 2.10.